The fourth-order valence-corrected chi connectivity index (χ4v) is 3.80. The number of sulfone groups is 1. The molecule has 2 rings (SSSR count). The molecule has 0 saturated carbocycles. The summed E-state index contributed by atoms with van der Waals surface area (Å²) in [4.78, 5) is -0.239. The number of aromatic nitrogens is 2. The van der Waals surface area contributed by atoms with E-state index < -0.39 is 15.7 Å². The molecule has 0 radical (unpaired) electrons. The first-order valence-electron chi connectivity index (χ1n) is 5.68. The number of hydrogen-bond acceptors (Lipinski definition) is 4. The van der Waals surface area contributed by atoms with Gasteiger partial charge in [-0.3, -0.25) is 4.68 Å². The van der Waals surface area contributed by atoms with Gasteiger partial charge in [-0.25, -0.2) is 12.8 Å². The maximum Gasteiger partial charge on any atom is 0.184 e. The Hall–Kier alpha value is -1.60. The van der Waals surface area contributed by atoms with Gasteiger partial charge in [-0.05, 0) is 25.1 Å². The summed E-state index contributed by atoms with van der Waals surface area (Å²) < 4.78 is 39.3. The summed E-state index contributed by atoms with van der Waals surface area (Å²) in [6.45, 7) is 1.66. The molecular weight excluding hydrogens is 305 g/mol. The first-order chi connectivity index (χ1) is 9.22. The molecule has 0 aliphatic rings. The summed E-state index contributed by atoms with van der Waals surface area (Å²) in [7, 11) is -2.19. The highest BCUT2D eigenvalue weighted by atomic mass is 35.5. The van der Waals surface area contributed by atoms with E-state index >= 15 is 0 Å². The van der Waals surface area contributed by atoms with Gasteiger partial charge >= 0.3 is 0 Å². The SMILES string of the molecule is Cc1nn(C)c(Cl)c1CS(=O)(=O)c1cc(F)ccc1N. The third-order valence-electron chi connectivity index (χ3n) is 2.91. The number of nitrogens with zero attached hydrogens (tertiary/aromatic N) is 2. The van der Waals surface area contributed by atoms with Crippen LogP contribution < -0.4 is 5.73 Å². The van der Waals surface area contributed by atoms with E-state index in [9.17, 15) is 12.8 Å². The third-order valence-corrected chi connectivity index (χ3v) is 5.08. The third kappa shape index (κ3) is 2.64. The lowest BCUT2D eigenvalue weighted by Crippen LogP contribution is -2.09. The van der Waals surface area contributed by atoms with Crippen molar-refractivity contribution in [1.29, 1.82) is 0 Å². The Morgan fingerprint density at radius 3 is 2.65 bits per heavy atom. The number of halogens is 2. The number of nitrogens with two attached hydrogens (primary N) is 1. The first kappa shape index (κ1) is 14.8. The average Bonchev–Trinajstić information content (AvgIpc) is 2.59. The molecule has 1 aromatic heterocycles. The summed E-state index contributed by atoms with van der Waals surface area (Å²) >= 11 is 6.01. The van der Waals surface area contributed by atoms with E-state index in [1.54, 1.807) is 14.0 Å². The van der Waals surface area contributed by atoms with Crippen molar-refractivity contribution < 1.29 is 12.8 Å². The lowest BCUT2D eigenvalue weighted by Gasteiger charge is -2.07. The van der Waals surface area contributed by atoms with Crippen LogP contribution >= 0.6 is 11.6 Å². The second-order valence-corrected chi connectivity index (χ2v) is 6.74. The average molecular weight is 318 g/mol. The summed E-state index contributed by atoms with van der Waals surface area (Å²) in [5, 5.41) is 4.28. The zero-order valence-corrected chi connectivity index (χ0v) is 12.5. The smallest absolute Gasteiger partial charge is 0.184 e. The highest BCUT2D eigenvalue weighted by Gasteiger charge is 2.23. The van der Waals surface area contributed by atoms with Crippen LogP contribution in [0.4, 0.5) is 10.1 Å². The number of rotatable bonds is 3. The van der Waals surface area contributed by atoms with E-state index in [0.717, 1.165) is 12.1 Å². The van der Waals surface area contributed by atoms with Crippen LogP contribution in [0.15, 0.2) is 23.1 Å². The topological polar surface area (TPSA) is 78.0 Å². The van der Waals surface area contributed by atoms with Crippen LogP contribution in [0.1, 0.15) is 11.3 Å². The lowest BCUT2D eigenvalue weighted by atomic mass is 10.3. The number of aryl methyl sites for hydroxylation is 2. The van der Waals surface area contributed by atoms with Crippen molar-refractivity contribution in [1.82, 2.24) is 9.78 Å². The van der Waals surface area contributed by atoms with Crippen molar-refractivity contribution >= 4 is 27.1 Å². The number of nitrogen functional groups attached to an aromatic ring is 1. The molecule has 0 atom stereocenters. The van der Waals surface area contributed by atoms with Gasteiger partial charge in [0.2, 0.25) is 0 Å². The maximum absolute atomic E-state index is 13.2. The van der Waals surface area contributed by atoms with Crippen molar-refractivity contribution in [2.24, 2.45) is 7.05 Å². The summed E-state index contributed by atoms with van der Waals surface area (Å²) in [5.41, 5.74) is 6.51. The minimum atomic E-state index is -3.80. The molecule has 0 aliphatic carbocycles. The van der Waals surface area contributed by atoms with Crippen LogP contribution in [-0.2, 0) is 22.6 Å². The monoisotopic (exact) mass is 317 g/mol. The highest BCUT2D eigenvalue weighted by molar-refractivity contribution is 7.90. The molecule has 2 aromatic rings. The molecule has 5 nitrogen and oxygen atoms in total. The lowest BCUT2D eigenvalue weighted by molar-refractivity contribution is 0.590. The fraction of sp³-hybridized carbons (Fsp3) is 0.250. The van der Waals surface area contributed by atoms with E-state index in [4.69, 9.17) is 17.3 Å². The molecule has 0 saturated heterocycles. The zero-order valence-electron chi connectivity index (χ0n) is 10.9. The van der Waals surface area contributed by atoms with Gasteiger partial charge in [0.05, 0.1) is 22.0 Å². The van der Waals surface area contributed by atoms with Gasteiger partial charge in [-0.2, -0.15) is 5.10 Å². The molecule has 8 heteroatoms. The minimum absolute atomic E-state index is 0.00376. The highest BCUT2D eigenvalue weighted by Crippen LogP contribution is 2.27. The van der Waals surface area contributed by atoms with Gasteiger partial charge in [-0.15, -0.1) is 0 Å². The number of hydrogen-bond donors (Lipinski definition) is 1. The van der Waals surface area contributed by atoms with E-state index in [-0.39, 0.29) is 21.5 Å². The molecule has 0 bridgehead atoms. The van der Waals surface area contributed by atoms with Crippen molar-refractivity contribution in [2.45, 2.75) is 17.6 Å². The minimum Gasteiger partial charge on any atom is -0.398 e. The molecule has 0 amide bonds. The van der Waals surface area contributed by atoms with Crippen LogP contribution in [0.3, 0.4) is 0 Å². The molecule has 2 N–H and O–H groups in total. The van der Waals surface area contributed by atoms with Crippen LogP contribution in [0.2, 0.25) is 5.15 Å². The van der Waals surface area contributed by atoms with Crippen LogP contribution in [0.25, 0.3) is 0 Å². The van der Waals surface area contributed by atoms with E-state index in [0.29, 0.717) is 11.3 Å². The standard InChI is InChI=1S/C12H13ClFN3O2S/c1-7-9(12(13)17(2)16-7)6-20(18,19)11-5-8(14)3-4-10(11)15/h3-5H,6,15H2,1-2H3. The molecule has 0 unspecified atom stereocenters. The van der Waals surface area contributed by atoms with Crippen LogP contribution in [0.5, 0.6) is 0 Å². The van der Waals surface area contributed by atoms with Gasteiger partial charge in [0.15, 0.2) is 9.84 Å². The molecule has 1 heterocycles. The Labute approximate surface area is 121 Å². The molecule has 0 fully saturated rings. The summed E-state index contributed by atoms with van der Waals surface area (Å²) in [6, 6.07) is 3.24. The second-order valence-electron chi connectivity index (χ2n) is 4.42. The quantitative estimate of drug-likeness (QED) is 0.879. The van der Waals surface area contributed by atoms with E-state index in [1.165, 1.54) is 10.7 Å². The Morgan fingerprint density at radius 2 is 2.10 bits per heavy atom. The normalized spacial score (nSPS) is 11.8. The van der Waals surface area contributed by atoms with Crippen molar-refractivity contribution in [2.75, 3.05) is 5.73 Å². The summed E-state index contributed by atoms with van der Waals surface area (Å²) in [6.07, 6.45) is 0. The molecule has 1 aromatic carbocycles. The van der Waals surface area contributed by atoms with Crippen molar-refractivity contribution in [3.05, 3.63) is 40.4 Å². The Kier molecular flexibility index (Phi) is 3.75. The summed E-state index contributed by atoms with van der Waals surface area (Å²) in [5.74, 6) is -1.04. The van der Waals surface area contributed by atoms with Gasteiger partial charge < -0.3 is 5.73 Å². The van der Waals surface area contributed by atoms with E-state index in [2.05, 4.69) is 5.10 Å². The van der Waals surface area contributed by atoms with Gasteiger partial charge in [-0.1, -0.05) is 11.6 Å². The maximum atomic E-state index is 13.2. The van der Waals surface area contributed by atoms with Gasteiger partial charge in [0, 0.05) is 12.6 Å². The Bertz CT molecular complexity index is 771. The molecule has 0 aliphatic heterocycles. The predicted octanol–water partition coefficient (Wildman–Crippen LogP) is 2.08. The zero-order chi connectivity index (χ0) is 15.1. The predicted molar refractivity (Wildman–Crippen MR) is 74.7 cm³/mol. The Balaban J connectivity index is 2.49. The Morgan fingerprint density at radius 1 is 1.45 bits per heavy atom. The molecular formula is C12H13ClFN3O2S. The van der Waals surface area contributed by atoms with Gasteiger partial charge in [0.1, 0.15) is 11.0 Å². The van der Waals surface area contributed by atoms with Crippen molar-refractivity contribution in [3.63, 3.8) is 0 Å². The number of anilines is 1. The first-order valence-corrected chi connectivity index (χ1v) is 7.71. The van der Waals surface area contributed by atoms with Crippen molar-refractivity contribution in [3.8, 4) is 0 Å². The molecule has 108 valence electrons. The fourth-order valence-electron chi connectivity index (χ4n) is 1.88. The van der Waals surface area contributed by atoms with E-state index in [1.807, 2.05) is 0 Å². The molecule has 0 spiro atoms. The van der Waals surface area contributed by atoms with Crippen LogP contribution in [-0.4, -0.2) is 18.2 Å². The number of benzene rings is 1. The van der Waals surface area contributed by atoms with Crippen LogP contribution in [0, 0.1) is 12.7 Å². The van der Waals surface area contributed by atoms with Gasteiger partial charge in [0.25, 0.3) is 0 Å². The largest absolute Gasteiger partial charge is 0.398 e. The molecule has 20 heavy (non-hydrogen) atoms. The second kappa shape index (κ2) is 5.06.